The fourth-order valence-electron chi connectivity index (χ4n) is 3.76. The summed E-state index contributed by atoms with van der Waals surface area (Å²) in [6.45, 7) is 7.96. The molecule has 1 aromatic carbocycles. The largest absolute Gasteiger partial charge is 0.493 e. The molecule has 0 aromatic heterocycles. The molecule has 2 heterocycles. The van der Waals surface area contributed by atoms with Crippen molar-refractivity contribution in [1.82, 2.24) is 15.1 Å². The number of likely N-dealkylation sites (tertiary alicyclic amines) is 1. The molecule has 3 rings (SSSR count). The summed E-state index contributed by atoms with van der Waals surface area (Å²) in [4.78, 5) is 6.51. The molecule has 1 aromatic rings. The van der Waals surface area contributed by atoms with Gasteiger partial charge in [0.25, 0.3) is 0 Å². The maximum atomic E-state index is 5.49. The van der Waals surface area contributed by atoms with Gasteiger partial charge in [-0.3, -0.25) is 9.80 Å². The van der Waals surface area contributed by atoms with E-state index in [0.717, 1.165) is 31.1 Å². The summed E-state index contributed by atoms with van der Waals surface area (Å²) in [5.41, 5.74) is 1.33. The van der Waals surface area contributed by atoms with E-state index in [0.29, 0.717) is 6.04 Å². The van der Waals surface area contributed by atoms with Crippen molar-refractivity contribution >= 4 is 24.2 Å². The topological polar surface area (TPSA) is 37.0 Å². The van der Waals surface area contributed by atoms with Crippen molar-refractivity contribution in [1.29, 1.82) is 0 Å². The molecule has 25 heavy (non-hydrogen) atoms. The van der Waals surface area contributed by atoms with Crippen LogP contribution in [0.15, 0.2) is 17.0 Å². The van der Waals surface area contributed by atoms with Crippen molar-refractivity contribution in [2.75, 3.05) is 59.7 Å². The van der Waals surface area contributed by atoms with Crippen LogP contribution in [-0.4, -0.2) is 75.6 Å². The Kier molecular flexibility index (Phi) is 8.16. The number of hydrogen-bond acceptors (Lipinski definition) is 6. The first-order chi connectivity index (χ1) is 11.7. The Balaban J connectivity index is 0.00000225. The lowest BCUT2D eigenvalue weighted by molar-refractivity contribution is 0.170. The van der Waals surface area contributed by atoms with Crippen molar-refractivity contribution < 1.29 is 9.47 Å². The van der Waals surface area contributed by atoms with Crippen molar-refractivity contribution in [3.8, 4) is 11.5 Å². The Morgan fingerprint density at radius 1 is 1.12 bits per heavy atom. The van der Waals surface area contributed by atoms with Crippen molar-refractivity contribution in [2.24, 2.45) is 0 Å². The Morgan fingerprint density at radius 3 is 2.44 bits per heavy atom. The minimum Gasteiger partial charge on any atom is -0.493 e. The summed E-state index contributed by atoms with van der Waals surface area (Å²) in [5, 5.41) is 3.44. The van der Waals surface area contributed by atoms with Crippen LogP contribution in [0.3, 0.4) is 0 Å². The SMILES string of the molecule is COc1cc(CN2CCC(N3CCNCC3)C2)c(SC)cc1OC.Cl. The average molecular weight is 388 g/mol. The van der Waals surface area contributed by atoms with Crippen LogP contribution in [0, 0.1) is 0 Å². The lowest BCUT2D eigenvalue weighted by Crippen LogP contribution is -2.49. The molecule has 2 fully saturated rings. The van der Waals surface area contributed by atoms with Gasteiger partial charge in [-0.2, -0.15) is 0 Å². The normalized spacial score (nSPS) is 21.8. The van der Waals surface area contributed by atoms with Crippen LogP contribution in [0.25, 0.3) is 0 Å². The van der Waals surface area contributed by atoms with Crippen molar-refractivity contribution in [2.45, 2.75) is 23.9 Å². The van der Waals surface area contributed by atoms with Gasteiger partial charge in [-0.25, -0.2) is 0 Å². The summed E-state index contributed by atoms with van der Waals surface area (Å²) in [6, 6.07) is 4.95. The number of nitrogens with one attached hydrogen (secondary N) is 1. The molecule has 0 amide bonds. The van der Waals surface area contributed by atoms with E-state index in [-0.39, 0.29) is 12.4 Å². The predicted octanol–water partition coefficient (Wildman–Crippen LogP) is 2.33. The van der Waals surface area contributed by atoms with Gasteiger partial charge in [0.15, 0.2) is 11.5 Å². The number of benzene rings is 1. The number of rotatable bonds is 6. The maximum Gasteiger partial charge on any atom is 0.161 e. The average Bonchev–Trinajstić information content (AvgIpc) is 3.10. The zero-order chi connectivity index (χ0) is 16.9. The number of piperazine rings is 1. The molecular weight excluding hydrogens is 358 g/mol. The second-order valence-corrected chi connectivity index (χ2v) is 7.33. The van der Waals surface area contributed by atoms with Gasteiger partial charge in [-0.1, -0.05) is 0 Å². The highest BCUT2D eigenvalue weighted by Gasteiger charge is 2.28. The van der Waals surface area contributed by atoms with E-state index in [2.05, 4.69) is 33.5 Å². The number of methoxy groups -OCH3 is 2. The van der Waals surface area contributed by atoms with Crippen LogP contribution in [-0.2, 0) is 6.54 Å². The number of nitrogens with zero attached hydrogens (tertiary/aromatic N) is 2. The molecule has 1 N–H and O–H groups in total. The van der Waals surface area contributed by atoms with Gasteiger partial charge in [-0.15, -0.1) is 24.2 Å². The number of halogens is 1. The standard InChI is InChI=1S/C18H29N3O2S.ClH/c1-22-16-10-14(18(24-3)11-17(16)23-2)12-20-7-4-15(13-20)21-8-5-19-6-9-21;/h10-11,15,19H,4-9,12-13H2,1-3H3;1H. The Bertz CT molecular complexity index is 555. The third-order valence-electron chi connectivity index (χ3n) is 5.10. The van der Waals surface area contributed by atoms with E-state index in [1.54, 1.807) is 26.0 Å². The Labute approximate surface area is 161 Å². The van der Waals surface area contributed by atoms with Gasteiger partial charge in [-0.05, 0) is 30.4 Å². The fraction of sp³-hybridized carbons (Fsp3) is 0.667. The molecule has 2 aliphatic heterocycles. The van der Waals surface area contributed by atoms with Crippen LogP contribution >= 0.6 is 24.2 Å². The highest BCUT2D eigenvalue weighted by molar-refractivity contribution is 7.98. The fourth-order valence-corrected chi connectivity index (χ4v) is 4.37. The van der Waals surface area contributed by atoms with Crippen LogP contribution in [0.1, 0.15) is 12.0 Å². The zero-order valence-electron chi connectivity index (χ0n) is 15.4. The minimum atomic E-state index is 0. The predicted molar refractivity (Wildman–Crippen MR) is 107 cm³/mol. The van der Waals surface area contributed by atoms with Gasteiger partial charge in [0.2, 0.25) is 0 Å². The zero-order valence-corrected chi connectivity index (χ0v) is 17.0. The smallest absolute Gasteiger partial charge is 0.161 e. The molecule has 2 saturated heterocycles. The van der Waals surface area contributed by atoms with Crippen LogP contribution in [0.4, 0.5) is 0 Å². The molecule has 0 bridgehead atoms. The van der Waals surface area contributed by atoms with E-state index in [1.165, 1.54) is 43.1 Å². The number of thioether (sulfide) groups is 1. The lowest BCUT2D eigenvalue weighted by Gasteiger charge is -2.32. The molecule has 2 aliphatic rings. The van der Waals surface area contributed by atoms with E-state index in [1.807, 2.05) is 0 Å². The second-order valence-electron chi connectivity index (χ2n) is 6.48. The molecule has 0 aliphatic carbocycles. The molecule has 5 nitrogen and oxygen atoms in total. The molecule has 0 spiro atoms. The highest BCUT2D eigenvalue weighted by Crippen LogP contribution is 2.35. The first kappa shape index (κ1) is 20.6. The molecule has 1 unspecified atom stereocenters. The lowest BCUT2D eigenvalue weighted by atomic mass is 10.2. The van der Waals surface area contributed by atoms with E-state index >= 15 is 0 Å². The quantitative estimate of drug-likeness (QED) is 0.755. The van der Waals surface area contributed by atoms with Gasteiger partial charge >= 0.3 is 0 Å². The molecule has 0 saturated carbocycles. The van der Waals surface area contributed by atoms with Crippen LogP contribution < -0.4 is 14.8 Å². The monoisotopic (exact) mass is 387 g/mol. The highest BCUT2D eigenvalue weighted by atomic mass is 35.5. The van der Waals surface area contributed by atoms with Gasteiger partial charge in [0.05, 0.1) is 14.2 Å². The minimum absolute atomic E-state index is 0. The molecule has 7 heteroatoms. The van der Waals surface area contributed by atoms with E-state index in [4.69, 9.17) is 9.47 Å². The Morgan fingerprint density at radius 2 is 1.80 bits per heavy atom. The molecule has 0 radical (unpaired) electrons. The van der Waals surface area contributed by atoms with E-state index < -0.39 is 0 Å². The second kappa shape index (κ2) is 9.88. The third-order valence-corrected chi connectivity index (χ3v) is 5.92. The first-order valence-corrected chi connectivity index (χ1v) is 9.93. The third kappa shape index (κ3) is 4.95. The number of hydrogen-bond donors (Lipinski definition) is 1. The summed E-state index contributed by atoms with van der Waals surface area (Å²) in [6.07, 6.45) is 3.40. The molecule has 1 atom stereocenters. The van der Waals surface area contributed by atoms with Gasteiger partial charge in [0, 0.05) is 56.8 Å². The van der Waals surface area contributed by atoms with Gasteiger partial charge in [0.1, 0.15) is 0 Å². The molecule has 142 valence electrons. The van der Waals surface area contributed by atoms with E-state index in [9.17, 15) is 0 Å². The molecular formula is C18H30ClN3O2S. The van der Waals surface area contributed by atoms with Gasteiger partial charge < -0.3 is 14.8 Å². The summed E-state index contributed by atoms with van der Waals surface area (Å²) >= 11 is 1.78. The maximum absolute atomic E-state index is 5.49. The summed E-state index contributed by atoms with van der Waals surface area (Å²) in [7, 11) is 3.40. The van der Waals surface area contributed by atoms with Crippen LogP contribution in [0.2, 0.25) is 0 Å². The summed E-state index contributed by atoms with van der Waals surface area (Å²) in [5.74, 6) is 1.63. The Hall–Kier alpha value is -0.660. The van der Waals surface area contributed by atoms with Crippen LogP contribution in [0.5, 0.6) is 11.5 Å². The summed E-state index contributed by atoms with van der Waals surface area (Å²) < 4.78 is 10.9. The first-order valence-electron chi connectivity index (χ1n) is 8.71. The van der Waals surface area contributed by atoms with Crippen molar-refractivity contribution in [3.05, 3.63) is 17.7 Å². The number of ether oxygens (including phenoxy) is 2. The van der Waals surface area contributed by atoms with Crippen molar-refractivity contribution in [3.63, 3.8) is 0 Å².